The van der Waals surface area contributed by atoms with Gasteiger partial charge in [-0.05, 0) is 61.0 Å². The highest BCUT2D eigenvalue weighted by Crippen LogP contribution is 2.48. The number of nitrogens with zero attached hydrogens (tertiary/aromatic N) is 2. The summed E-state index contributed by atoms with van der Waals surface area (Å²) in [7, 11) is 1.48. The van der Waals surface area contributed by atoms with Crippen molar-refractivity contribution in [3.63, 3.8) is 0 Å². The van der Waals surface area contributed by atoms with E-state index in [1.807, 2.05) is 55.5 Å². The van der Waals surface area contributed by atoms with Gasteiger partial charge in [-0.1, -0.05) is 60.2 Å². The van der Waals surface area contributed by atoms with E-state index < -0.39 is 29.9 Å². The van der Waals surface area contributed by atoms with Crippen LogP contribution in [-0.2, 0) is 14.4 Å². The van der Waals surface area contributed by atoms with E-state index in [4.69, 9.17) is 14.3 Å². The van der Waals surface area contributed by atoms with Crippen molar-refractivity contribution in [2.45, 2.75) is 19.1 Å². The van der Waals surface area contributed by atoms with Crippen LogP contribution in [0.5, 0.6) is 11.5 Å². The van der Waals surface area contributed by atoms with Crippen molar-refractivity contribution in [1.82, 2.24) is 0 Å². The fraction of sp³-hybridized carbons (Fsp3) is 0.156. The van der Waals surface area contributed by atoms with Gasteiger partial charge in [0, 0.05) is 0 Å². The lowest BCUT2D eigenvalue weighted by Gasteiger charge is -2.29. The number of esters is 1. The van der Waals surface area contributed by atoms with Gasteiger partial charge in [0.1, 0.15) is 5.92 Å². The predicted octanol–water partition coefficient (Wildman–Crippen LogP) is 5.27. The van der Waals surface area contributed by atoms with E-state index >= 15 is 0 Å². The number of anilines is 2. The highest BCUT2D eigenvalue weighted by atomic mass is 16.7. The Kier molecular flexibility index (Phi) is 6.53. The Morgan fingerprint density at radius 2 is 1.45 bits per heavy atom. The summed E-state index contributed by atoms with van der Waals surface area (Å²) >= 11 is 0. The molecule has 0 bridgehead atoms. The van der Waals surface area contributed by atoms with Gasteiger partial charge in [0.05, 0.1) is 30.1 Å². The molecule has 4 aromatic carbocycles. The number of carbonyl (C=O) groups is 3. The Balaban J connectivity index is 1.38. The standard InChI is InChI=1S/C32H26N2O6/c1-20-13-16-23(17-14-20)33-30(35)27-28(34(40-29(27)31(33)36)24-11-7-4-8-12-24)22-15-18-25(26(19-22)38-2)39-32(37)21-9-5-3-6-10-21/h3-19,27-29H,1-2H3/t27-,28+,29+/m1/s1. The molecule has 2 amide bonds. The molecule has 2 aliphatic rings. The van der Waals surface area contributed by atoms with Crippen LogP contribution in [0.1, 0.15) is 27.5 Å². The molecule has 8 nitrogen and oxygen atoms in total. The zero-order valence-corrected chi connectivity index (χ0v) is 21.9. The van der Waals surface area contributed by atoms with Crippen molar-refractivity contribution in [3.8, 4) is 11.5 Å². The van der Waals surface area contributed by atoms with Gasteiger partial charge in [-0.25, -0.2) is 14.8 Å². The number of carbonyl (C=O) groups excluding carboxylic acids is 3. The minimum Gasteiger partial charge on any atom is -0.493 e. The van der Waals surface area contributed by atoms with Crippen molar-refractivity contribution in [2.75, 3.05) is 17.1 Å². The number of hydrogen-bond donors (Lipinski definition) is 0. The Labute approximate surface area is 231 Å². The number of imide groups is 1. The molecule has 40 heavy (non-hydrogen) atoms. The van der Waals surface area contributed by atoms with Crippen molar-refractivity contribution < 1.29 is 28.7 Å². The van der Waals surface area contributed by atoms with Crippen LogP contribution < -0.4 is 19.4 Å². The highest BCUT2D eigenvalue weighted by Gasteiger charge is 2.60. The molecule has 2 heterocycles. The fourth-order valence-electron chi connectivity index (χ4n) is 5.19. The summed E-state index contributed by atoms with van der Waals surface area (Å²) in [6, 6.07) is 29.7. The maximum Gasteiger partial charge on any atom is 0.343 e. The first kappa shape index (κ1) is 25.3. The second kappa shape index (κ2) is 10.3. The number of amides is 2. The largest absolute Gasteiger partial charge is 0.493 e. The van der Waals surface area contributed by atoms with Gasteiger partial charge in [-0.2, -0.15) is 0 Å². The monoisotopic (exact) mass is 534 g/mol. The van der Waals surface area contributed by atoms with Crippen LogP contribution in [0.15, 0.2) is 103 Å². The highest BCUT2D eigenvalue weighted by molar-refractivity contribution is 6.23. The number of fused-ring (bicyclic) bond motifs is 1. The lowest BCUT2D eigenvalue weighted by Crippen LogP contribution is -2.37. The number of rotatable bonds is 6. The molecule has 0 N–H and O–H groups in total. The minimum atomic E-state index is -0.999. The molecular weight excluding hydrogens is 508 g/mol. The minimum absolute atomic E-state index is 0.233. The van der Waals surface area contributed by atoms with E-state index in [1.54, 1.807) is 59.7 Å². The molecule has 0 spiro atoms. The predicted molar refractivity (Wildman–Crippen MR) is 148 cm³/mol. The van der Waals surface area contributed by atoms with Crippen molar-refractivity contribution in [2.24, 2.45) is 5.92 Å². The van der Waals surface area contributed by atoms with Gasteiger partial charge in [-0.3, -0.25) is 14.4 Å². The Morgan fingerprint density at radius 3 is 2.12 bits per heavy atom. The fourth-order valence-corrected chi connectivity index (χ4v) is 5.19. The molecule has 200 valence electrons. The van der Waals surface area contributed by atoms with Gasteiger partial charge in [-0.15, -0.1) is 0 Å². The smallest absolute Gasteiger partial charge is 0.343 e. The number of methoxy groups -OCH3 is 1. The average molecular weight is 535 g/mol. The van der Waals surface area contributed by atoms with E-state index in [0.29, 0.717) is 28.3 Å². The van der Waals surface area contributed by atoms with Crippen molar-refractivity contribution in [3.05, 3.63) is 120 Å². The summed E-state index contributed by atoms with van der Waals surface area (Å²) in [6.45, 7) is 1.94. The van der Waals surface area contributed by atoms with Crippen LogP contribution in [0, 0.1) is 12.8 Å². The molecule has 0 aromatic heterocycles. The summed E-state index contributed by atoms with van der Waals surface area (Å²) in [6.07, 6.45) is -0.999. The van der Waals surface area contributed by atoms with E-state index in [-0.39, 0.29) is 11.7 Å². The quantitative estimate of drug-likeness (QED) is 0.189. The zero-order chi connectivity index (χ0) is 27.8. The Bertz CT molecular complexity index is 1570. The van der Waals surface area contributed by atoms with Crippen LogP contribution in [-0.4, -0.2) is 31.0 Å². The molecule has 2 fully saturated rings. The lowest BCUT2D eigenvalue weighted by molar-refractivity contribution is -0.126. The third kappa shape index (κ3) is 4.38. The van der Waals surface area contributed by atoms with E-state index in [2.05, 4.69) is 0 Å². The van der Waals surface area contributed by atoms with Crippen molar-refractivity contribution in [1.29, 1.82) is 0 Å². The van der Waals surface area contributed by atoms with Crippen molar-refractivity contribution >= 4 is 29.2 Å². The molecule has 0 radical (unpaired) electrons. The summed E-state index contributed by atoms with van der Waals surface area (Å²) in [4.78, 5) is 47.5. The first-order valence-corrected chi connectivity index (χ1v) is 12.9. The average Bonchev–Trinajstić information content (AvgIpc) is 3.50. The molecule has 0 aliphatic carbocycles. The number of hydroxylamine groups is 1. The maximum atomic E-state index is 13.9. The number of aryl methyl sites for hydroxylation is 1. The van der Waals surface area contributed by atoms with E-state index in [0.717, 1.165) is 5.56 Å². The SMILES string of the molecule is COc1cc([C@H]2[C@H]3C(=O)N(c4ccc(C)cc4)C(=O)[C@H]3ON2c2ccccc2)ccc1OC(=O)c1ccccc1. The summed E-state index contributed by atoms with van der Waals surface area (Å²) < 4.78 is 11.2. The molecule has 4 aromatic rings. The normalized spacial score (nSPS) is 20.0. The molecule has 3 atom stereocenters. The second-order valence-corrected chi connectivity index (χ2v) is 9.67. The van der Waals surface area contributed by atoms with Crippen LogP contribution in [0.3, 0.4) is 0 Å². The van der Waals surface area contributed by atoms with Crippen LogP contribution >= 0.6 is 0 Å². The third-order valence-electron chi connectivity index (χ3n) is 7.16. The molecule has 2 aliphatic heterocycles. The lowest BCUT2D eigenvalue weighted by atomic mass is 9.90. The molecule has 8 heteroatoms. The maximum absolute atomic E-state index is 13.9. The van der Waals surface area contributed by atoms with Gasteiger partial charge >= 0.3 is 5.97 Å². The van der Waals surface area contributed by atoms with Crippen LogP contribution in [0.4, 0.5) is 11.4 Å². The molecule has 0 unspecified atom stereocenters. The van der Waals surface area contributed by atoms with E-state index in [1.165, 1.54) is 12.0 Å². The van der Waals surface area contributed by atoms with Gasteiger partial charge < -0.3 is 9.47 Å². The first-order chi connectivity index (χ1) is 19.5. The summed E-state index contributed by atoms with van der Waals surface area (Å²) in [5.41, 5.74) is 3.29. The van der Waals surface area contributed by atoms with Crippen LogP contribution in [0.2, 0.25) is 0 Å². The Morgan fingerprint density at radius 1 is 0.775 bits per heavy atom. The topological polar surface area (TPSA) is 85.4 Å². The summed E-state index contributed by atoms with van der Waals surface area (Å²) in [5.74, 6) is -1.55. The molecule has 2 saturated heterocycles. The van der Waals surface area contributed by atoms with Gasteiger partial charge in [0.2, 0.25) is 5.91 Å². The third-order valence-corrected chi connectivity index (χ3v) is 7.16. The molecule has 0 saturated carbocycles. The number of hydrogen-bond acceptors (Lipinski definition) is 7. The number of benzene rings is 4. The molecular formula is C32H26N2O6. The molecule has 6 rings (SSSR count). The zero-order valence-electron chi connectivity index (χ0n) is 21.9. The van der Waals surface area contributed by atoms with Gasteiger partial charge in [0.25, 0.3) is 5.91 Å². The summed E-state index contributed by atoms with van der Waals surface area (Å²) in [5, 5.41) is 1.61. The first-order valence-electron chi connectivity index (χ1n) is 12.9. The second-order valence-electron chi connectivity index (χ2n) is 9.67. The van der Waals surface area contributed by atoms with Crippen LogP contribution in [0.25, 0.3) is 0 Å². The Hall–Kier alpha value is -4.95. The number of para-hydroxylation sites is 1. The number of ether oxygens (including phenoxy) is 2. The van der Waals surface area contributed by atoms with Gasteiger partial charge in [0.15, 0.2) is 17.6 Å². The van der Waals surface area contributed by atoms with E-state index in [9.17, 15) is 14.4 Å².